The first-order valence-corrected chi connectivity index (χ1v) is 6.94. The standard InChI is InChI=1S/C15H18F3NO3/c1-22-12(11-5-3-2-4-6-11)13(20)19-9-7-14(21,8-10-19)15(16,17)18/h2-6,12,21H,7-10H2,1H3/t12-/m1/s1. The Bertz CT molecular complexity index is 511. The molecule has 22 heavy (non-hydrogen) atoms. The summed E-state index contributed by atoms with van der Waals surface area (Å²) in [6.07, 6.45) is -6.57. The molecule has 1 atom stereocenters. The number of hydrogen-bond donors (Lipinski definition) is 1. The van der Waals surface area contributed by atoms with Crippen LogP contribution < -0.4 is 0 Å². The van der Waals surface area contributed by atoms with Gasteiger partial charge >= 0.3 is 6.18 Å². The van der Waals surface area contributed by atoms with Crippen LogP contribution >= 0.6 is 0 Å². The first-order chi connectivity index (χ1) is 10.3. The van der Waals surface area contributed by atoms with Gasteiger partial charge in [0.15, 0.2) is 11.7 Å². The number of halogens is 3. The molecule has 0 radical (unpaired) electrons. The molecule has 0 aliphatic carbocycles. The fourth-order valence-corrected chi connectivity index (χ4v) is 2.55. The molecule has 122 valence electrons. The van der Waals surface area contributed by atoms with Gasteiger partial charge in [-0.15, -0.1) is 0 Å². The number of piperidine rings is 1. The van der Waals surface area contributed by atoms with Crippen molar-refractivity contribution in [1.29, 1.82) is 0 Å². The molecule has 4 nitrogen and oxygen atoms in total. The lowest BCUT2D eigenvalue weighted by Crippen LogP contribution is -2.55. The van der Waals surface area contributed by atoms with E-state index in [1.54, 1.807) is 30.3 Å². The molecule has 0 aromatic heterocycles. The third kappa shape index (κ3) is 3.25. The highest BCUT2D eigenvalue weighted by atomic mass is 19.4. The van der Waals surface area contributed by atoms with Gasteiger partial charge in [0.25, 0.3) is 5.91 Å². The van der Waals surface area contributed by atoms with Crippen molar-refractivity contribution < 1.29 is 27.8 Å². The molecule has 1 aliphatic rings. The molecule has 0 bridgehead atoms. The summed E-state index contributed by atoms with van der Waals surface area (Å²) in [6.45, 7) is -0.303. The van der Waals surface area contributed by atoms with E-state index in [1.165, 1.54) is 12.0 Å². The lowest BCUT2D eigenvalue weighted by atomic mass is 9.90. The Labute approximate surface area is 126 Å². The number of benzene rings is 1. The monoisotopic (exact) mass is 317 g/mol. The number of alkyl halides is 3. The molecule has 1 fully saturated rings. The number of nitrogens with zero attached hydrogens (tertiary/aromatic N) is 1. The van der Waals surface area contributed by atoms with E-state index in [2.05, 4.69) is 0 Å². The molecule has 1 aliphatic heterocycles. The first-order valence-electron chi connectivity index (χ1n) is 6.94. The molecule has 0 unspecified atom stereocenters. The van der Waals surface area contributed by atoms with Crippen LogP contribution in [0.4, 0.5) is 13.2 Å². The third-order valence-corrected chi connectivity index (χ3v) is 3.99. The van der Waals surface area contributed by atoms with Crippen LogP contribution in [0.1, 0.15) is 24.5 Å². The molecule has 0 spiro atoms. The maximum Gasteiger partial charge on any atom is 0.417 e. The van der Waals surface area contributed by atoms with Gasteiger partial charge in [0, 0.05) is 33.0 Å². The van der Waals surface area contributed by atoms with Gasteiger partial charge in [0.1, 0.15) is 0 Å². The lowest BCUT2D eigenvalue weighted by molar-refractivity contribution is -0.272. The van der Waals surface area contributed by atoms with Crippen molar-refractivity contribution in [3.8, 4) is 0 Å². The highest BCUT2D eigenvalue weighted by Gasteiger charge is 2.55. The highest BCUT2D eigenvalue weighted by molar-refractivity contribution is 5.82. The van der Waals surface area contributed by atoms with Crippen molar-refractivity contribution >= 4 is 5.91 Å². The van der Waals surface area contributed by atoms with Crippen LogP contribution in [0.3, 0.4) is 0 Å². The number of carbonyl (C=O) groups excluding carboxylic acids is 1. The van der Waals surface area contributed by atoms with Gasteiger partial charge in [0.2, 0.25) is 0 Å². The van der Waals surface area contributed by atoms with Crippen LogP contribution in [-0.2, 0) is 9.53 Å². The van der Waals surface area contributed by atoms with Gasteiger partial charge in [-0.25, -0.2) is 0 Å². The number of likely N-dealkylation sites (tertiary alicyclic amines) is 1. The van der Waals surface area contributed by atoms with E-state index in [1.807, 2.05) is 0 Å². The second-order valence-electron chi connectivity index (χ2n) is 5.38. The number of hydrogen-bond acceptors (Lipinski definition) is 3. The number of amides is 1. The summed E-state index contributed by atoms with van der Waals surface area (Å²) in [5.41, 5.74) is -2.06. The number of rotatable bonds is 3. The molecule has 7 heteroatoms. The lowest BCUT2D eigenvalue weighted by Gasteiger charge is -2.39. The molecule has 2 rings (SSSR count). The Kier molecular flexibility index (Phi) is 4.77. The first kappa shape index (κ1) is 16.8. The number of ether oxygens (including phenoxy) is 1. The van der Waals surface area contributed by atoms with Crippen LogP contribution in [0, 0.1) is 0 Å². The predicted octanol–water partition coefficient (Wildman–Crippen LogP) is 2.29. The van der Waals surface area contributed by atoms with Gasteiger partial charge < -0.3 is 14.7 Å². The van der Waals surface area contributed by atoms with Gasteiger partial charge in [-0.05, 0) is 5.56 Å². The highest BCUT2D eigenvalue weighted by Crippen LogP contribution is 2.38. The third-order valence-electron chi connectivity index (χ3n) is 3.99. The van der Waals surface area contributed by atoms with Crippen molar-refractivity contribution in [1.82, 2.24) is 4.90 Å². The smallest absolute Gasteiger partial charge is 0.380 e. The normalized spacial score (nSPS) is 19.8. The maximum atomic E-state index is 12.8. The second kappa shape index (κ2) is 6.26. The fourth-order valence-electron chi connectivity index (χ4n) is 2.55. The molecular weight excluding hydrogens is 299 g/mol. The Balaban J connectivity index is 2.06. The van der Waals surface area contributed by atoms with Gasteiger partial charge in [-0.2, -0.15) is 13.2 Å². The van der Waals surface area contributed by atoms with E-state index in [-0.39, 0.29) is 13.1 Å². The van der Waals surface area contributed by atoms with E-state index in [4.69, 9.17) is 4.74 Å². The molecule has 1 aromatic rings. The molecule has 0 saturated carbocycles. The summed E-state index contributed by atoms with van der Waals surface area (Å²) >= 11 is 0. The van der Waals surface area contributed by atoms with E-state index < -0.39 is 36.6 Å². The van der Waals surface area contributed by atoms with Crippen LogP contribution in [0.2, 0.25) is 0 Å². The van der Waals surface area contributed by atoms with Crippen molar-refractivity contribution in [3.63, 3.8) is 0 Å². The zero-order valence-corrected chi connectivity index (χ0v) is 12.1. The Hall–Kier alpha value is -1.60. The molecule has 1 heterocycles. The topological polar surface area (TPSA) is 49.8 Å². The van der Waals surface area contributed by atoms with Crippen LogP contribution in [0.15, 0.2) is 30.3 Å². The van der Waals surface area contributed by atoms with E-state index in [0.717, 1.165) is 0 Å². The van der Waals surface area contributed by atoms with Crippen LogP contribution in [0.5, 0.6) is 0 Å². The van der Waals surface area contributed by atoms with Crippen molar-refractivity contribution in [2.45, 2.75) is 30.7 Å². The molecular formula is C15H18F3NO3. The van der Waals surface area contributed by atoms with E-state index >= 15 is 0 Å². The SMILES string of the molecule is CO[C@@H](C(=O)N1CCC(O)(C(F)(F)F)CC1)c1ccccc1. The average Bonchev–Trinajstić information content (AvgIpc) is 2.48. The van der Waals surface area contributed by atoms with Crippen molar-refractivity contribution in [2.75, 3.05) is 20.2 Å². The summed E-state index contributed by atoms with van der Waals surface area (Å²) in [7, 11) is 1.38. The minimum Gasteiger partial charge on any atom is -0.380 e. The summed E-state index contributed by atoms with van der Waals surface area (Å²) in [5.74, 6) is -0.391. The maximum absolute atomic E-state index is 12.8. The van der Waals surface area contributed by atoms with Crippen LogP contribution in [0.25, 0.3) is 0 Å². The average molecular weight is 317 g/mol. The Morgan fingerprint density at radius 3 is 2.27 bits per heavy atom. The van der Waals surface area contributed by atoms with E-state index in [9.17, 15) is 23.1 Å². The fraction of sp³-hybridized carbons (Fsp3) is 0.533. The predicted molar refractivity (Wildman–Crippen MR) is 73.0 cm³/mol. The summed E-state index contributed by atoms with van der Waals surface area (Å²) in [6, 6.07) is 8.76. The largest absolute Gasteiger partial charge is 0.417 e. The minimum absolute atomic E-state index is 0.151. The van der Waals surface area contributed by atoms with E-state index in [0.29, 0.717) is 5.56 Å². The zero-order chi connectivity index (χ0) is 16.4. The van der Waals surface area contributed by atoms with Gasteiger partial charge in [-0.3, -0.25) is 4.79 Å². The van der Waals surface area contributed by atoms with Crippen LogP contribution in [-0.4, -0.2) is 47.9 Å². The summed E-state index contributed by atoms with van der Waals surface area (Å²) in [4.78, 5) is 13.7. The van der Waals surface area contributed by atoms with Crippen molar-refractivity contribution in [3.05, 3.63) is 35.9 Å². The molecule has 1 amide bonds. The second-order valence-corrected chi connectivity index (χ2v) is 5.38. The minimum atomic E-state index is -4.68. The molecule has 1 aromatic carbocycles. The van der Waals surface area contributed by atoms with Gasteiger partial charge in [-0.1, -0.05) is 30.3 Å². The molecule has 1 saturated heterocycles. The van der Waals surface area contributed by atoms with Crippen molar-refractivity contribution in [2.24, 2.45) is 0 Å². The number of aliphatic hydroxyl groups is 1. The summed E-state index contributed by atoms with van der Waals surface area (Å²) < 4.78 is 43.5. The number of carbonyl (C=O) groups is 1. The van der Waals surface area contributed by atoms with Gasteiger partial charge in [0.05, 0.1) is 0 Å². The number of methoxy groups -OCH3 is 1. The Morgan fingerprint density at radius 2 is 1.82 bits per heavy atom. The zero-order valence-electron chi connectivity index (χ0n) is 12.1. The quantitative estimate of drug-likeness (QED) is 0.930. The molecule has 1 N–H and O–H groups in total. The Morgan fingerprint density at radius 1 is 1.27 bits per heavy atom. The summed E-state index contributed by atoms with van der Waals surface area (Å²) in [5, 5.41) is 9.63.